The summed E-state index contributed by atoms with van der Waals surface area (Å²) in [5, 5.41) is 2.83. The number of nitrogens with zero attached hydrogens (tertiary/aromatic N) is 2. The average molecular weight is 408 g/mol. The highest BCUT2D eigenvalue weighted by atomic mass is 19.1. The average Bonchev–Trinajstić information content (AvgIpc) is 2.76. The summed E-state index contributed by atoms with van der Waals surface area (Å²) in [6.07, 6.45) is 0.899. The Hall–Kier alpha value is -3.68. The number of carbonyl (C=O) groups is 1. The van der Waals surface area contributed by atoms with Crippen molar-refractivity contribution in [2.45, 2.75) is 19.4 Å². The zero-order valence-electron chi connectivity index (χ0n) is 16.4. The van der Waals surface area contributed by atoms with Crippen LogP contribution in [-0.4, -0.2) is 34.6 Å². The van der Waals surface area contributed by atoms with Gasteiger partial charge in [-0.25, -0.2) is 14.2 Å². The molecule has 0 atom stereocenters. The SMILES string of the molecule is COc1ccc(NC(=O)N2CCc3nc(Cc4ccc(F)cc4)[nH]c(=O)c3C2)cc1. The Morgan fingerprint density at radius 1 is 1.20 bits per heavy atom. The number of methoxy groups -OCH3 is 1. The number of amides is 2. The number of aromatic amines is 1. The number of anilines is 1. The van der Waals surface area contributed by atoms with E-state index in [-0.39, 0.29) is 24.0 Å². The van der Waals surface area contributed by atoms with Crippen LogP contribution in [0.25, 0.3) is 0 Å². The van der Waals surface area contributed by atoms with E-state index >= 15 is 0 Å². The van der Waals surface area contributed by atoms with E-state index in [9.17, 15) is 14.0 Å². The van der Waals surface area contributed by atoms with Crippen LogP contribution in [0.3, 0.4) is 0 Å². The largest absolute Gasteiger partial charge is 0.497 e. The molecule has 0 bridgehead atoms. The minimum Gasteiger partial charge on any atom is -0.497 e. The third-order valence-electron chi connectivity index (χ3n) is 5.03. The van der Waals surface area contributed by atoms with E-state index in [0.717, 1.165) is 5.56 Å². The number of rotatable bonds is 4. The highest BCUT2D eigenvalue weighted by molar-refractivity contribution is 5.89. The zero-order valence-corrected chi connectivity index (χ0v) is 16.4. The Bertz CT molecular complexity index is 1110. The van der Waals surface area contributed by atoms with E-state index in [0.29, 0.717) is 47.9 Å². The van der Waals surface area contributed by atoms with Gasteiger partial charge in [0.15, 0.2) is 0 Å². The van der Waals surface area contributed by atoms with Crippen LogP contribution in [0.5, 0.6) is 5.75 Å². The van der Waals surface area contributed by atoms with Gasteiger partial charge in [0.1, 0.15) is 17.4 Å². The predicted molar refractivity (Wildman–Crippen MR) is 110 cm³/mol. The Morgan fingerprint density at radius 2 is 1.93 bits per heavy atom. The number of benzene rings is 2. The van der Waals surface area contributed by atoms with Gasteiger partial charge in [-0.2, -0.15) is 0 Å². The van der Waals surface area contributed by atoms with E-state index < -0.39 is 0 Å². The molecule has 0 saturated heterocycles. The number of nitrogens with one attached hydrogen (secondary N) is 2. The molecular weight excluding hydrogens is 387 g/mol. The lowest BCUT2D eigenvalue weighted by molar-refractivity contribution is 0.205. The van der Waals surface area contributed by atoms with Crippen molar-refractivity contribution in [3.8, 4) is 5.75 Å². The number of fused-ring (bicyclic) bond motifs is 1. The molecule has 30 heavy (non-hydrogen) atoms. The van der Waals surface area contributed by atoms with Crippen LogP contribution in [0.1, 0.15) is 22.6 Å². The second kappa shape index (κ2) is 8.36. The fourth-order valence-electron chi connectivity index (χ4n) is 3.41. The van der Waals surface area contributed by atoms with Crippen LogP contribution < -0.4 is 15.6 Å². The standard InChI is InChI=1S/C22H21FN4O3/c1-30-17-8-6-16(7-9-17)24-22(29)27-11-10-19-18(13-27)21(28)26-20(25-19)12-14-2-4-15(23)5-3-14/h2-9H,10-13H2,1H3,(H,24,29)(H,25,26,28). The van der Waals surface area contributed by atoms with Crippen LogP contribution in [0.4, 0.5) is 14.9 Å². The van der Waals surface area contributed by atoms with Gasteiger partial charge in [-0.3, -0.25) is 4.79 Å². The number of carbonyl (C=O) groups excluding carboxylic acids is 1. The van der Waals surface area contributed by atoms with Gasteiger partial charge in [0.05, 0.1) is 24.9 Å². The minimum atomic E-state index is -0.307. The lowest BCUT2D eigenvalue weighted by Crippen LogP contribution is -2.42. The van der Waals surface area contributed by atoms with Gasteiger partial charge in [-0.1, -0.05) is 12.1 Å². The summed E-state index contributed by atoms with van der Waals surface area (Å²) in [7, 11) is 1.58. The molecule has 1 aliphatic heterocycles. The Balaban J connectivity index is 1.46. The third kappa shape index (κ3) is 4.32. The number of urea groups is 1. The van der Waals surface area contributed by atoms with Crippen LogP contribution >= 0.6 is 0 Å². The smallest absolute Gasteiger partial charge is 0.322 e. The van der Waals surface area contributed by atoms with Crippen molar-refractivity contribution < 1.29 is 13.9 Å². The topological polar surface area (TPSA) is 87.3 Å². The molecule has 1 aliphatic rings. The summed E-state index contributed by atoms with van der Waals surface area (Å²) in [4.78, 5) is 34.1. The van der Waals surface area contributed by atoms with Crippen LogP contribution in [0.15, 0.2) is 53.3 Å². The first-order chi connectivity index (χ1) is 14.5. The molecule has 0 unspecified atom stereocenters. The normalized spacial score (nSPS) is 12.9. The minimum absolute atomic E-state index is 0.191. The van der Waals surface area contributed by atoms with Crippen molar-refractivity contribution in [1.82, 2.24) is 14.9 Å². The van der Waals surface area contributed by atoms with Gasteiger partial charge in [0.2, 0.25) is 0 Å². The number of ether oxygens (including phenoxy) is 1. The van der Waals surface area contributed by atoms with Gasteiger partial charge < -0.3 is 19.9 Å². The first-order valence-electron chi connectivity index (χ1n) is 9.57. The molecule has 0 fully saturated rings. The maximum Gasteiger partial charge on any atom is 0.322 e. The third-order valence-corrected chi connectivity index (χ3v) is 5.03. The molecule has 8 heteroatoms. The van der Waals surface area contributed by atoms with Gasteiger partial charge in [-0.15, -0.1) is 0 Å². The van der Waals surface area contributed by atoms with Crippen LogP contribution in [-0.2, 0) is 19.4 Å². The molecule has 154 valence electrons. The quantitative estimate of drug-likeness (QED) is 0.695. The molecule has 2 aromatic carbocycles. The van der Waals surface area contributed by atoms with E-state index in [4.69, 9.17) is 4.74 Å². The molecular formula is C22H21FN4O3. The predicted octanol–water partition coefficient (Wildman–Crippen LogP) is 3.10. The van der Waals surface area contributed by atoms with Crippen LogP contribution in [0.2, 0.25) is 0 Å². The van der Waals surface area contributed by atoms with Crippen molar-refractivity contribution >= 4 is 11.7 Å². The molecule has 0 saturated carbocycles. The summed E-state index contributed by atoms with van der Waals surface area (Å²) in [6.45, 7) is 0.651. The molecule has 2 amide bonds. The Labute approximate surface area is 172 Å². The molecule has 3 aromatic rings. The lowest BCUT2D eigenvalue weighted by atomic mass is 10.1. The Morgan fingerprint density at radius 3 is 2.63 bits per heavy atom. The number of aromatic nitrogens is 2. The molecule has 2 heterocycles. The zero-order chi connectivity index (χ0) is 21.1. The van der Waals surface area contributed by atoms with E-state index in [1.54, 1.807) is 48.4 Å². The maximum absolute atomic E-state index is 13.1. The summed E-state index contributed by atoms with van der Waals surface area (Å²) in [5.74, 6) is 0.925. The fourth-order valence-corrected chi connectivity index (χ4v) is 3.41. The number of hydrogen-bond donors (Lipinski definition) is 2. The second-order valence-corrected chi connectivity index (χ2v) is 7.07. The summed E-state index contributed by atoms with van der Waals surface area (Å²) in [6, 6.07) is 12.9. The number of hydrogen-bond acceptors (Lipinski definition) is 4. The number of halogens is 1. The van der Waals surface area contributed by atoms with Crippen molar-refractivity contribution in [2.75, 3.05) is 19.0 Å². The Kier molecular flexibility index (Phi) is 5.47. The van der Waals surface area contributed by atoms with E-state index in [2.05, 4.69) is 15.3 Å². The first kappa shape index (κ1) is 19.6. The summed E-state index contributed by atoms with van der Waals surface area (Å²) < 4.78 is 18.2. The van der Waals surface area contributed by atoms with Crippen molar-refractivity contribution in [3.63, 3.8) is 0 Å². The lowest BCUT2D eigenvalue weighted by Gasteiger charge is -2.28. The molecule has 1 aromatic heterocycles. The highest BCUT2D eigenvalue weighted by Gasteiger charge is 2.24. The van der Waals surface area contributed by atoms with E-state index in [1.165, 1.54) is 12.1 Å². The maximum atomic E-state index is 13.1. The summed E-state index contributed by atoms with van der Waals surface area (Å²) in [5.41, 5.74) is 2.45. The molecule has 0 aliphatic carbocycles. The first-order valence-corrected chi connectivity index (χ1v) is 9.57. The van der Waals surface area contributed by atoms with E-state index in [1.807, 2.05) is 0 Å². The molecule has 4 rings (SSSR count). The van der Waals surface area contributed by atoms with Gasteiger partial charge in [0, 0.05) is 25.1 Å². The monoisotopic (exact) mass is 408 g/mol. The molecule has 0 radical (unpaired) electrons. The molecule has 0 spiro atoms. The molecule has 7 nitrogen and oxygen atoms in total. The van der Waals surface area contributed by atoms with Crippen molar-refractivity contribution in [1.29, 1.82) is 0 Å². The van der Waals surface area contributed by atoms with Crippen LogP contribution in [0, 0.1) is 5.82 Å². The highest BCUT2D eigenvalue weighted by Crippen LogP contribution is 2.18. The van der Waals surface area contributed by atoms with Crippen molar-refractivity contribution in [2.24, 2.45) is 0 Å². The van der Waals surface area contributed by atoms with Gasteiger partial charge in [-0.05, 0) is 42.0 Å². The number of H-pyrrole nitrogens is 1. The fraction of sp³-hybridized carbons (Fsp3) is 0.227. The van der Waals surface area contributed by atoms with Gasteiger partial charge in [0.25, 0.3) is 5.56 Å². The van der Waals surface area contributed by atoms with Gasteiger partial charge >= 0.3 is 6.03 Å². The second-order valence-electron chi connectivity index (χ2n) is 7.07. The summed E-state index contributed by atoms with van der Waals surface area (Å²) >= 11 is 0. The molecule has 2 N–H and O–H groups in total. The van der Waals surface area contributed by atoms with Crippen molar-refractivity contribution in [3.05, 3.63) is 87.3 Å².